The van der Waals surface area contributed by atoms with E-state index in [0.717, 1.165) is 36.1 Å². The molecule has 1 aromatic rings. The van der Waals surface area contributed by atoms with Crippen LogP contribution in [0.2, 0.25) is 0 Å². The normalized spacial score (nSPS) is 25.4. The summed E-state index contributed by atoms with van der Waals surface area (Å²) in [6.07, 6.45) is 5.76. The average Bonchev–Trinajstić information content (AvgIpc) is 2.49. The van der Waals surface area contributed by atoms with E-state index < -0.39 is 0 Å². The highest BCUT2D eigenvalue weighted by Gasteiger charge is 2.27. The van der Waals surface area contributed by atoms with Crippen molar-refractivity contribution in [1.82, 2.24) is 9.88 Å². The summed E-state index contributed by atoms with van der Waals surface area (Å²) in [6, 6.07) is 3.93. The number of aliphatic imine (C=N–C) groups is 1. The zero-order valence-corrected chi connectivity index (χ0v) is 14.5. The van der Waals surface area contributed by atoms with Gasteiger partial charge in [0.2, 0.25) is 5.88 Å². The quantitative estimate of drug-likeness (QED) is 0.604. The van der Waals surface area contributed by atoms with Gasteiger partial charge in [0.1, 0.15) is 6.10 Å². The molecular formula is C18H29N3O. The van der Waals surface area contributed by atoms with Gasteiger partial charge in [0.05, 0.1) is 17.7 Å². The van der Waals surface area contributed by atoms with Gasteiger partial charge in [0.25, 0.3) is 0 Å². The molecule has 122 valence electrons. The maximum atomic E-state index is 6.13. The first kappa shape index (κ1) is 16.8. The van der Waals surface area contributed by atoms with Crippen molar-refractivity contribution < 1.29 is 4.74 Å². The summed E-state index contributed by atoms with van der Waals surface area (Å²) < 4.78 is 6.13. The molecule has 1 aliphatic carbocycles. The van der Waals surface area contributed by atoms with Gasteiger partial charge in [0.15, 0.2) is 0 Å². The lowest BCUT2D eigenvalue weighted by atomic mass is 9.81. The van der Waals surface area contributed by atoms with Crippen LogP contribution in [0.15, 0.2) is 17.1 Å². The molecule has 0 spiro atoms. The van der Waals surface area contributed by atoms with Gasteiger partial charge in [-0.3, -0.25) is 0 Å². The Labute approximate surface area is 134 Å². The van der Waals surface area contributed by atoms with Crippen molar-refractivity contribution in [1.29, 1.82) is 0 Å². The Morgan fingerprint density at radius 1 is 1.36 bits per heavy atom. The zero-order valence-electron chi connectivity index (χ0n) is 14.5. The summed E-state index contributed by atoms with van der Waals surface area (Å²) in [5.41, 5.74) is 1.81. The summed E-state index contributed by atoms with van der Waals surface area (Å²) in [4.78, 5) is 11.1. The number of aromatic nitrogens is 1. The van der Waals surface area contributed by atoms with E-state index in [1.165, 1.54) is 12.8 Å². The Hall–Kier alpha value is -1.58. The first-order chi connectivity index (χ1) is 10.5. The highest BCUT2D eigenvalue weighted by molar-refractivity contribution is 5.62. The first-order valence-electron chi connectivity index (χ1n) is 8.38. The number of nitrogens with zero attached hydrogens (tertiary/aromatic N) is 3. The molecule has 0 N–H and O–H groups in total. The van der Waals surface area contributed by atoms with Crippen molar-refractivity contribution in [2.24, 2.45) is 16.8 Å². The molecule has 0 aromatic carbocycles. The Kier molecular flexibility index (Phi) is 5.81. The van der Waals surface area contributed by atoms with Gasteiger partial charge in [0, 0.05) is 19.7 Å². The smallest absolute Gasteiger partial charge is 0.213 e. The van der Waals surface area contributed by atoms with Crippen LogP contribution in [0.3, 0.4) is 0 Å². The van der Waals surface area contributed by atoms with Crippen LogP contribution in [-0.4, -0.2) is 35.9 Å². The van der Waals surface area contributed by atoms with E-state index in [1.807, 2.05) is 37.3 Å². The second-order valence-electron chi connectivity index (χ2n) is 6.62. The predicted octanol–water partition coefficient (Wildman–Crippen LogP) is 4.21. The number of hydrogen-bond acceptors (Lipinski definition) is 3. The van der Waals surface area contributed by atoms with E-state index in [1.54, 1.807) is 0 Å². The van der Waals surface area contributed by atoms with E-state index >= 15 is 0 Å². The van der Waals surface area contributed by atoms with Crippen LogP contribution in [0.4, 0.5) is 5.69 Å². The maximum Gasteiger partial charge on any atom is 0.213 e. The number of hydrogen-bond donors (Lipinski definition) is 0. The third-order valence-electron chi connectivity index (χ3n) is 4.55. The van der Waals surface area contributed by atoms with Crippen LogP contribution in [-0.2, 0) is 0 Å². The number of aryl methyl sites for hydroxylation is 1. The molecule has 0 amide bonds. The van der Waals surface area contributed by atoms with Crippen LogP contribution in [0.5, 0.6) is 5.88 Å². The van der Waals surface area contributed by atoms with Gasteiger partial charge >= 0.3 is 0 Å². The maximum absolute atomic E-state index is 6.13. The molecule has 1 fully saturated rings. The summed E-state index contributed by atoms with van der Waals surface area (Å²) in [5, 5.41) is 0. The van der Waals surface area contributed by atoms with Gasteiger partial charge in [-0.2, -0.15) is 0 Å². The largest absolute Gasteiger partial charge is 0.474 e. The molecule has 4 nitrogen and oxygen atoms in total. The topological polar surface area (TPSA) is 37.7 Å². The van der Waals surface area contributed by atoms with Gasteiger partial charge in [-0.05, 0) is 51.0 Å². The fraction of sp³-hybridized carbons (Fsp3) is 0.667. The van der Waals surface area contributed by atoms with Crippen molar-refractivity contribution in [3.8, 4) is 5.88 Å². The molecule has 0 aliphatic heterocycles. The minimum atomic E-state index is 0.295. The van der Waals surface area contributed by atoms with E-state index in [2.05, 4.69) is 30.7 Å². The Bertz CT molecular complexity index is 515. The van der Waals surface area contributed by atoms with Crippen molar-refractivity contribution in [2.75, 3.05) is 13.6 Å². The molecular weight excluding hydrogens is 274 g/mol. The molecule has 0 saturated heterocycles. The average molecular weight is 303 g/mol. The fourth-order valence-electron chi connectivity index (χ4n) is 2.94. The van der Waals surface area contributed by atoms with Crippen LogP contribution < -0.4 is 4.74 Å². The van der Waals surface area contributed by atoms with E-state index in [-0.39, 0.29) is 0 Å². The zero-order chi connectivity index (χ0) is 16.1. The second-order valence-corrected chi connectivity index (χ2v) is 6.62. The molecule has 1 aliphatic rings. The SMILES string of the molecule is CCN(C)/C=N/c1ccc(OC2CCC(C)CC2C)nc1C. The Morgan fingerprint density at radius 3 is 2.77 bits per heavy atom. The summed E-state index contributed by atoms with van der Waals surface area (Å²) >= 11 is 0. The van der Waals surface area contributed by atoms with Gasteiger partial charge in [-0.25, -0.2) is 9.98 Å². The third-order valence-corrected chi connectivity index (χ3v) is 4.55. The standard InChI is InChI=1S/C18H29N3O/c1-6-21(5)12-19-16-8-10-18(20-15(16)4)22-17-9-7-13(2)11-14(17)3/h8,10,12-14,17H,6-7,9,11H2,1-5H3/b19-12+. The highest BCUT2D eigenvalue weighted by Crippen LogP contribution is 2.31. The lowest BCUT2D eigenvalue weighted by Gasteiger charge is -2.32. The lowest BCUT2D eigenvalue weighted by molar-refractivity contribution is 0.0781. The summed E-state index contributed by atoms with van der Waals surface area (Å²) in [7, 11) is 2.01. The highest BCUT2D eigenvalue weighted by atomic mass is 16.5. The van der Waals surface area contributed by atoms with Crippen LogP contribution in [0, 0.1) is 18.8 Å². The van der Waals surface area contributed by atoms with Gasteiger partial charge in [-0.15, -0.1) is 0 Å². The minimum Gasteiger partial charge on any atom is -0.474 e. The van der Waals surface area contributed by atoms with Gasteiger partial charge in [-0.1, -0.05) is 13.8 Å². The molecule has 0 bridgehead atoms. The first-order valence-corrected chi connectivity index (χ1v) is 8.38. The molecule has 1 heterocycles. The lowest BCUT2D eigenvalue weighted by Crippen LogP contribution is -2.31. The van der Waals surface area contributed by atoms with Gasteiger partial charge < -0.3 is 9.64 Å². The second kappa shape index (κ2) is 7.61. The molecule has 1 aromatic heterocycles. The van der Waals surface area contributed by atoms with E-state index in [4.69, 9.17) is 4.74 Å². The number of ether oxygens (including phenoxy) is 1. The van der Waals surface area contributed by atoms with Crippen LogP contribution >= 0.6 is 0 Å². The predicted molar refractivity (Wildman–Crippen MR) is 92.0 cm³/mol. The third kappa shape index (κ3) is 4.46. The van der Waals surface area contributed by atoms with Crippen molar-refractivity contribution in [3.05, 3.63) is 17.8 Å². The van der Waals surface area contributed by atoms with Crippen molar-refractivity contribution in [2.45, 2.75) is 53.1 Å². The van der Waals surface area contributed by atoms with Crippen LogP contribution in [0.25, 0.3) is 0 Å². The van der Waals surface area contributed by atoms with Crippen molar-refractivity contribution >= 4 is 12.0 Å². The van der Waals surface area contributed by atoms with Crippen LogP contribution in [0.1, 0.15) is 45.7 Å². The van der Waals surface area contributed by atoms with E-state index in [9.17, 15) is 0 Å². The molecule has 0 radical (unpaired) electrons. The molecule has 22 heavy (non-hydrogen) atoms. The summed E-state index contributed by atoms with van der Waals surface area (Å²) in [5.74, 6) is 2.14. The van der Waals surface area contributed by atoms with Crippen molar-refractivity contribution in [3.63, 3.8) is 0 Å². The fourth-order valence-corrected chi connectivity index (χ4v) is 2.94. The Balaban J connectivity index is 2.01. The monoisotopic (exact) mass is 303 g/mol. The molecule has 4 heteroatoms. The van der Waals surface area contributed by atoms with E-state index in [0.29, 0.717) is 12.0 Å². The number of rotatable bonds is 5. The molecule has 2 rings (SSSR count). The molecule has 3 unspecified atom stereocenters. The summed E-state index contributed by atoms with van der Waals surface area (Å²) in [6.45, 7) is 9.63. The molecule has 1 saturated carbocycles. The Morgan fingerprint density at radius 2 is 2.14 bits per heavy atom. The minimum absolute atomic E-state index is 0.295. The number of pyridine rings is 1. The molecule has 3 atom stereocenters.